The van der Waals surface area contributed by atoms with E-state index >= 15 is 0 Å². The molecule has 0 aromatic heterocycles. The maximum Gasteiger partial charge on any atom is 0.265 e. The number of anilines is 1. The number of ether oxygens (including phenoxy) is 1. The van der Waals surface area contributed by atoms with Gasteiger partial charge in [0.15, 0.2) is 6.10 Å². The number of amides is 1. The Morgan fingerprint density at radius 2 is 1.57 bits per heavy atom. The molecule has 4 heteroatoms. The molecule has 0 unspecified atom stereocenters. The molecule has 3 rings (SSSR count). The van der Waals surface area contributed by atoms with Crippen molar-refractivity contribution >= 4 is 11.6 Å². The summed E-state index contributed by atoms with van der Waals surface area (Å²) in [4.78, 5) is 12.7. The van der Waals surface area contributed by atoms with Crippen molar-refractivity contribution in [3.05, 3.63) is 83.9 Å². The number of rotatable bonds is 7. The monoisotopic (exact) mass is 398 g/mol. The molecule has 0 saturated heterocycles. The Kier molecular flexibility index (Phi) is 6.87. The van der Waals surface area contributed by atoms with Crippen LogP contribution in [0, 0.1) is 11.3 Å². The Labute approximate surface area is 178 Å². The van der Waals surface area contributed by atoms with Crippen LogP contribution < -0.4 is 10.1 Å². The van der Waals surface area contributed by atoms with E-state index in [-0.39, 0.29) is 5.91 Å². The van der Waals surface area contributed by atoms with E-state index in [1.54, 1.807) is 19.1 Å². The number of hydrogen-bond acceptors (Lipinski definition) is 3. The highest BCUT2D eigenvalue weighted by Gasteiger charge is 2.17. The summed E-state index contributed by atoms with van der Waals surface area (Å²) in [5.74, 6) is 0.819. The first-order valence-corrected chi connectivity index (χ1v) is 10.2. The van der Waals surface area contributed by atoms with E-state index in [0.717, 1.165) is 28.8 Å². The molecule has 3 aromatic carbocycles. The fraction of sp³-hybridized carbons (Fsp3) is 0.231. The molecular formula is C26H26N2O2. The Balaban J connectivity index is 1.65. The number of nitrogens with zero attached hydrogens (tertiary/aromatic N) is 1. The third-order valence-electron chi connectivity index (χ3n) is 5.25. The molecular weight excluding hydrogens is 372 g/mol. The van der Waals surface area contributed by atoms with Gasteiger partial charge in [-0.3, -0.25) is 4.79 Å². The number of nitrogens with one attached hydrogen (secondary N) is 1. The number of carbonyl (C=O) groups is 1. The van der Waals surface area contributed by atoms with Crippen molar-refractivity contribution in [1.82, 2.24) is 0 Å². The van der Waals surface area contributed by atoms with Crippen LogP contribution in [0.4, 0.5) is 5.69 Å². The number of nitriles is 1. The van der Waals surface area contributed by atoms with E-state index in [2.05, 4.69) is 31.3 Å². The quantitative estimate of drug-likeness (QED) is 0.519. The Hall–Kier alpha value is -3.58. The van der Waals surface area contributed by atoms with Crippen molar-refractivity contribution in [3.8, 4) is 22.9 Å². The van der Waals surface area contributed by atoms with Crippen LogP contribution in [0.15, 0.2) is 72.8 Å². The third kappa shape index (κ3) is 5.07. The van der Waals surface area contributed by atoms with Gasteiger partial charge in [-0.15, -0.1) is 0 Å². The molecule has 0 spiro atoms. The summed E-state index contributed by atoms with van der Waals surface area (Å²) in [6.07, 6.45) is 0.376. The van der Waals surface area contributed by atoms with E-state index in [4.69, 9.17) is 10.00 Å². The fourth-order valence-corrected chi connectivity index (χ4v) is 3.22. The molecule has 30 heavy (non-hydrogen) atoms. The van der Waals surface area contributed by atoms with Gasteiger partial charge < -0.3 is 10.1 Å². The first kappa shape index (κ1) is 21.1. The van der Waals surface area contributed by atoms with Gasteiger partial charge in [0.1, 0.15) is 5.75 Å². The van der Waals surface area contributed by atoms with Crippen LogP contribution >= 0.6 is 0 Å². The fourth-order valence-electron chi connectivity index (χ4n) is 3.22. The molecule has 0 radical (unpaired) electrons. The highest BCUT2D eigenvalue weighted by Crippen LogP contribution is 2.27. The van der Waals surface area contributed by atoms with E-state index in [1.165, 1.54) is 0 Å². The Bertz CT molecular complexity index is 1030. The summed E-state index contributed by atoms with van der Waals surface area (Å²) in [5.41, 5.74) is 4.64. The lowest BCUT2D eigenvalue weighted by molar-refractivity contribution is -0.122. The molecule has 0 heterocycles. The average molecular weight is 399 g/mol. The van der Waals surface area contributed by atoms with Crippen LogP contribution in [0.5, 0.6) is 5.75 Å². The summed E-state index contributed by atoms with van der Waals surface area (Å²) in [6.45, 7) is 6.03. The summed E-state index contributed by atoms with van der Waals surface area (Å²) in [7, 11) is 0. The molecule has 152 valence electrons. The van der Waals surface area contributed by atoms with Crippen LogP contribution in [0.3, 0.4) is 0 Å². The van der Waals surface area contributed by atoms with Crippen molar-refractivity contribution < 1.29 is 9.53 Å². The molecule has 0 fully saturated rings. The van der Waals surface area contributed by atoms with Gasteiger partial charge in [-0.2, -0.15) is 5.26 Å². The number of carbonyl (C=O) groups excluding carboxylic acids is 1. The van der Waals surface area contributed by atoms with Gasteiger partial charge >= 0.3 is 0 Å². The lowest BCUT2D eigenvalue weighted by atomic mass is 9.97. The van der Waals surface area contributed by atoms with Crippen LogP contribution in [0.2, 0.25) is 0 Å². The van der Waals surface area contributed by atoms with Crippen molar-refractivity contribution in [1.29, 1.82) is 5.26 Å². The minimum atomic E-state index is -0.629. The van der Waals surface area contributed by atoms with Gasteiger partial charge in [0.05, 0.1) is 11.6 Å². The average Bonchev–Trinajstić information content (AvgIpc) is 2.79. The van der Waals surface area contributed by atoms with Gasteiger partial charge in [-0.25, -0.2) is 0 Å². The van der Waals surface area contributed by atoms with Crippen LogP contribution in [0.25, 0.3) is 11.1 Å². The molecule has 1 N–H and O–H groups in total. The molecule has 4 nitrogen and oxygen atoms in total. The molecule has 0 saturated carbocycles. The van der Waals surface area contributed by atoms with Crippen LogP contribution in [0.1, 0.15) is 44.2 Å². The molecule has 0 bridgehead atoms. The number of benzene rings is 3. The summed E-state index contributed by atoms with van der Waals surface area (Å²) in [6, 6.07) is 25.0. The second-order valence-corrected chi connectivity index (χ2v) is 7.36. The van der Waals surface area contributed by atoms with E-state index in [0.29, 0.717) is 17.2 Å². The first-order chi connectivity index (χ1) is 14.5. The van der Waals surface area contributed by atoms with Crippen molar-refractivity contribution in [3.63, 3.8) is 0 Å². The zero-order valence-electron chi connectivity index (χ0n) is 17.6. The van der Waals surface area contributed by atoms with Crippen molar-refractivity contribution in [2.24, 2.45) is 0 Å². The highest BCUT2D eigenvalue weighted by atomic mass is 16.5. The second kappa shape index (κ2) is 9.76. The second-order valence-electron chi connectivity index (χ2n) is 7.36. The van der Waals surface area contributed by atoms with Gasteiger partial charge in [-0.1, -0.05) is 56.3 Å². The predicted octanol–water partition coefficient (Wildman–Crippen LogP) is 6.14. The van der Waals surface area contributed by atoms with E-state index in [1.807, 2.05) is 54.6 Å². The lowest BCUT2D eigenvalue weighted by Gasteiger charge is -2.19. The summed E-state index contributed by atoms with van der Waals surface area (Å²) < 4.78 is 5.85. The molecule has 0 aliphatic carbocycles. The predicted molar refractivity (Wildman–Crippen MR) is 120 cm³/mol. The Morgan fingerprint density at radius 3 is 2.17 bits per heavy atom. The number of hydrogen-bond donors (Lipinski definition) is 1. The molecule has 3 aromatic rings. The van der Waals surface area contributed by atoms with E-state index < -0.39 is 6.10 Å². The van der Waals surface area contributed by atoms with Gasteiger partial charge in [0.2, 0.25) is 0 Å². The smallest absolute Gasteiger partial charge is 0.265 e. The first-order valence-electron chi connectivity index (χ1n) is 10.2. The summed E-state index contributed by atoms with van der Waals surface area (Å²) >= 11 is 0. The van der Waals surface area contributed by atoms with Crippen molar-refractivity contribution in [2.45, 2.75) is 39.2 Å². The summed E-state index contributed by atoms with van der Waals surface area (Å²) in [5, 5.41) is 11.9. The largest absolute Gasteiger partial charge is 0.481 e. The maximum absolute atomic E-state index is 12.7. The minimum Gasteiger partial charge on any atom is -0.481 e. The van der Waals surface area contributed by atoms with Gasteiger partial charge in [0.25, 0.3) is 5.91 Å². The molecule has 1 amide bonds. The molecule has 0 aliphatic rings. The van der Waals surface area contributed by atoms with Crippen molar-refractivity contribution in [2.75, 3.05) is 5.32 Å². The zero-order valence-corrected chi connectivity index (χ0v) is 17.6. The Morgan fingerprint density at radius 1 is 0.967 bits per heavy atom. The number of para-hydroxylation sites is 1. The molecule has 2 atom stereocenters. The topological polar surface area (TPSA) is 62.1 Å². The molecule has 0 aliphatic heterocycles. The van der Waals surface area contributed by atoms with E-state index in [9.17, 15) is 4.79 Å². The van der Waals surface area contributed by atoms with Gasteiger partial charge in [-0.05, 0) is 66.3 Å². The lowest BCUT2D eigenvalue weighted by Crippen LogP contribution is -2.30. The SMILES string of the molecule is CC[C@H](C)c1ccccc1NC(=O)[C@H](C)Oc1ccc(-c2ccc(C#N)cc2)cc1. The normalized spacial score (nSPS) is 12.5. The minimum absolute atomic E-state index is 0.179. The maximum atomic E-state index is 12.7. The standard InChI is InChI=1S/C26H26N2O2/c1-4-18(2)24-7-5-6-8-25(24)28-26(29)19(3)30-23-15-13-22(14-16-23)21-11-9-20(17-27)10-12-21/h5-16,18-19H,4H2,1-3H3,(H,28,29)/t18-,19-/m0/s1. The highest BCUT2D eigenvalue weighted by molar-refractivity contribution is 5.94. The van der Waals surface area contributed by atoms with Crippen LogP contribution in [-0.2, 0) is 4.79 Å². The van der Waals surface area contributed by atoms with Crippen LogP contribution in [-0.4, -0.2) is 12.0 Å². The third-order valence-corrected chi connectivity index (χ3v) is 5.25. The zero-order chi connectivity index (χ0) is 21.5. The van der Waals surface area contributed by atoms with Gasteiger partial charge in [0, 0.05) is 5.69 Å².